The molecular weight excluding hydrogens is 380 g/mol. The molecule has 8 heteroatoms. The SMILES string of the molecule is CC(C)CNC(=O)COC(=O)c1cccc(S(=O)(=O)N(C)c2ccccc2)c1. The Morgan fingerprint density at radius 1 is 1.07 bits per heavy atom. The predicted octanol–water partition coefficient (Wildman–Crippen LogP) is 2.44. The van der Waals surface area contributed by atoms with Crippen LogP contribution in [0.3, 0.4) is 0 Å². The third-order valence-corrected chi connectivity index (χ3v) is 5.67. The zero-order chi connectivity index (χ0) is 20.7. The van der Waals surface area contributed by atoms with Crippen molar-refractivity contribution in [3.05, 3.63) is 60.2 Å². The first-order valence-corrected chi connectivity index (χ1v) is 10.2. The summed E-state index contributed by atoms with van der Waals surface area (Å²) in [6, 6.07) is 14.1. The quantitative estimate of drug-likeness (QED) is 0.682. The number of ether oxygens (including phenoxy) is 1. The summed E-state index contributed by atoms with van der Waals surface area (Å²) in [4.78, 5) is 23.8. The van der Waals surface area contributed by atoms with Gasteiger partial charge in [0.05, 0.1) is 16.1 Å². The van der Waals surface area contributed by atoms with E-state index in [1.807, 2.05) is 13.8 Å². The topological polar surface area (TPSA) is 92.8 Å². The van der Waals surface area contributed by atoms with Crippen LogP contribution in [-0.4, -0.2) is 40.5 Å². The smallest absolute Gasteiger partial charge is 0.338 e. The summed E-state index contributed by atoms with van der Waals surface area (Å²) in [7, 11) is -2.41. The van der Waals surface area contributed by atoms with Crippen molar-refractivity contribution in [1.29, 1.82) is 0 Å². The Morgan fingerprint density at radius 3 is 2.39 bits per heavy atom. The molecule has 0 saturated heterocycles. The van der Waals surface area contributed by atoms with Crippen molar-refractivity contribution in [2.75, 3.05) is 24.5 Å². The molecule has 0 heterocycles. The zero-order valence-electron chi connectivity index (χ0n) is 16.1. The molecule has 1 amide bonds. The molecule has 0 fully saturated rings. The second kappa shape index (κ2) is 9.36. The monoisotopic (exact) mass is 404 g/mol. The summed E-state index contributed by atoms with van der Waals surface area (Å²) in [5.74, 6) is -0.892. The number of carbonyl (C=O) groups is 2. The van der Waals surface area contributed by atoms with E-state index in [1.54, 1.807) is 30.3 Å². The van der Waals surface area contributed by atoms with E-state index in [4.69, 9.17) is 4.74 Å². The minimum atomic E-state index is -3.85. The highest BCUT2D eigenvalue weighted by Crippen LogP contribution is 2.22. The Labute approximate surface area is 165 Å². The maximum absolute atomic E-state index is 12.8. The van der Waals surface area contributed by atoms with Gasteiger partial charge in [0, 0.05) is 13.6 Å². The summed E-state index contributed by atoms with van der Waals surface area (Å²) >= 11 is 0. The number of hydrogen-bond donors (Lipinski definition) is 1. The van der Waals surface area contributed by atoms with Gasteiger partial charge in [-0.2, -0.15) is 0 Å². The van der Waals surface area contributed by atoms with Gasteiger partial charge in [-0.05, 0) is 36.2 Å². The molecule has 150 valence electrons. The lowest BCUT2D eigenvalue weighted by molar-refractivity contribution is -0.124. The van der Waals surface area contributed by atoms with Gasteiger partial charge < -0.3 is 10.1 Å². The largest absolute Gasteiger partial charge is 0.452 e. The third-order valence-electron chi connectivity index (χ3n) is 3.89. The number of carbonyl (C=O) groups excluding carboxylic acids is 2. The van der Waals surface area contributed by atoms with Crippen LogP contribution in [0.1, 0.15) is 24.2 Å². The van der Waals surface area contributed by atoms with Gasteiger partial charge >= 0.3 is 5.97 Å². The molecule has 0 radical (unpaired) electrons. The fourth-order valence-electron chi connectivity index (χ4n) is 2.30. The van der Waals surface area contributed by atoms with Gasteiger partial charge in [0.2, 0.25) is 0 Å². The highest BCUT2D eigenvalue weighted by molar-refractivity contribution is 7.92. The summed E-state index contributed by atoms with van der Waals surface area (Å²) in [5, 5.41) is 2.64. The number of para-hydroxylation sites is 1. The van der Waals surface area contributed by atoms with Crippen molar-refractivity contribution in [2.24, 2.45) is 5.92 Å². The highest BCUT2D eigenvalue weighted by Gasteiger charge is 2.22. The van der Waals surface area contributed by atoms with Gasteiger partial charge in [-0.3, -0.25) is 9.10 Å². The van der Waals surface area contributed by atoms with E-state index in [0.717, 1.165) is 4.31 Å². The van der Waals surface area contributed by atoms with E-state index in [2.05, 4.69) is 5.32 Å². The number of sulfonamides is 1. The zero-order valence-corrected chi connectivity index (χ0v) is 16.9. The molecule has 1 N–H and O–H groups in total. The average Bonchev–Trinajstić information content (AvgIpc) is 2.70. The van der Waals surface area contributed by atoms with Gasteiger partial charge in [-0.25, -0.2) is 13.2 Å². The predicted molar refractivity (Wildman–Crippen MR) is 107 cm³/mol. The van der Waals surface area contributed by atoms with Crippen molar-refractivity contribution in [1.82, 2.24) is 5.32 Å². The molecular formula is C20H24N2O5S. The number of nitrogens with zero attached hydrogens (tertiary/aromatic N) is 1. The van der Waals surface area contributed by atoms with Crippen molar-refractivity contribution in [3.8, 4) is 0 Å². The summed E-state index contributed by atoms with van der Waals surface area (Å²) in [6.45, 7) is 3.96. The number of nitrogens with one attached hydrogen (secondary N) is 1. The first kappa shape index (κ1) is 21.4. The lowest BCUT2D eigenvalue weighted by Gasteiger charge is -2.19. The van der Waals surface area contributed by atoms with Gasteiger partial charge in [0.15, 0.2) is 6.61 Å². The number of esters is 1. The van der Waals surface area contributed by atoms with Crippen LogP contribution in [0.25, 0.3) is 0 Å². The van der Waals surface area contributed by atoms with Crippen LogP contribution in [0.15, 0.2) is 59.5 Å². The minimum Gasteiger partial charge on any atom is -0.452 e. The number of amides is 1. The molecule has 2 aromatic carbocycles. The lowest BCUT2D eigenvalue weighted by atomic mass is 10.2. The van der Waals surface area contributed by atoms with Crippen LogP contribution in [0.4, 0.5) is 5.69 Å². The molecule has 2 rings (SSSR count). The van der Waals surface area contributed by atoms with Crippen molar-refractivity contribution in [3.63, 3.8) is 0 Å². The Kier molecular flexibility index (Phi) is 7.17. The second-order valence-electron chi connectivity index (χ2n) is 6.61. The second-order valence-corrected chi connectivity index (χ2v) is 8.58. The first-order chi connectivity index (χ1) is 13.2. The maximum atomic E-state index is 12.8. The van der Waals surface area contributed by atoms with Crippen LogP contribution in [0, 0.1) is 5.92 Å². The van der Waals surface area contributed by atoms with E-state index in [9.17, 15) is 18.0 Å². The lowest BCUT2D eigenvalue weighted by Crippen LogP contribution is -2.31. The molecule has 0 unspecified atom stereocenters. The Morgan fingerprint density at radius 2 is 1.75 bits per heavy atom. The molecule has 0 aliphatic rings. The molecule has 0 saturated carbocycles. The van der Waals surface area contributed by atoms with Gasteiger partial charge in [0.25, 0.3) is 15.9 Å². The average molecular weight is 404 g/mol. The molecule has 0 aliphatic heterocycles. The molecule has 0 aliphatic carbocycles. The van der Waals surface area contributed by atoms with Crippen LogP contribution in [-0.2, 0) is 19.6 Å². The molecule has 0 aromatic heterocycles. The fraction of sp³-hybridized carbons (Fsp3) is 0.300. The minimum absolute atomic E-state index is 0.0439. The van der Waals surface area contributed by atoms with Gasteiger partial charge in [-0.15, -0.1) is 0 Å². The summed E-state index contributed by atoms with van der Waals surface area (Å²) in [6.07, 6.45) is 0. The molecule has 0 bridgehead atoms. The van der Waals surface area contributed by atoms with Crippen LogP contribution in [0.2, 0.25) is 0 Å². The molecule has 0 atom stereocenters. The van der Waals surface area contributed by atoms with Crippen molar-refractivity contribution >= 4 is 27.6 Å². The number of benzene rings is 2. The van der Waals surface area contributed by atoms with Crippen LogP contribution in [0.5, 0.6) is 0 Å². The van der Waals surface area contributed by atoms with Gasteiger partial charge in [0.1, 0.15) is 0 Å². The van der Waals surface area contributed by atoms with Crippen LogP contribution < -0.4 is 9.62 Å². The van der Waals surface area contributed by atoms with Crippen molar-refractivity contribution < 1.29 is 22.7 Å². The van der Waals surface area contributed by atoms with Crippen molar-refractivity contribution in [2.45, 2.75) is 18.7 Å². The normalized spacial score (nSPS) is 11.1. The summed E-state index contributed by atoms with van der Waals surface area (Å²) < 4.78 is 31.8. The molecule has 2 aromatic rings. The molecule has 7 nitrogen and oxygen atoms in total. The standard InChI is InChI=1S/C20H24N2O5S/c1-15(2)13-21-19(23)14-27-20(24)16-8-7-11-18(12-16)28(25,26)22(3)17-9-5-4-6-10-17/h4-12,15H,13-14H2,1-3H3,(H,21,23). The van der Waals surface area contributed by atoms with E-state index in [-0.39, 0.29) is 16.4 Å². The fourth-order valence-corrected chi connectivity index (χ4v) is 3.54. The van der Waals surface area contributed by atoms with E-state index >= 15 is 0 Å². The maximum Gasteiger partial charge on any atom is 0.338 e. The van der Waals surface area contributed by atoms with E-state index in [1.165, 1.54) is 31.3 Å². The summed E-state index contributed by atoms with van der Waals surface area (Å²) in [5.41, 5.74) is 0.552. The Balaban J connectivity index is 2.10. The van der Waals surface area contributed by atoms with Crippen LogP contribution >= 0.6 is 0 Å². The highest BCUT2D eigenvalue weighted by atomic mass is 32.2. The molecule has 28 heavy (non-hydrogen) atoms. The Bertz CT molecular complexity index is 927. The molecule has 0 spiro atoms. The first-order valence-electron chi connectivity index (χ1n) is 8.79. The Hall–Kier alpha value is -2.87. The van der Waals surface area contributed by atoms with E-state index < -0.39 is 28.5 Å². The number of rotatable bonds is 8. The number of anilines is 1. The van der Waals surface area contributed by atoms with Gasteiger partial charge in [-0.1, -0.05) is 38.1 Å². The van der Waals surface area contributed by atoms with E-state index in [0.29, 0.717) is 12.2 Å². The number of hydrogen-bond acceptors (Lipinski definition) is 5. The third kappa shape index (κ3) is 5.56.